The van der Waals surface area contributed by atoms with Gasteiger partial charge in [-0.1, -0.05) is 61.7 Å². The first-order chi connectivity index (χ1) is 18.1. The van der Waals surface area contributed by atoms with Crippen LogP contribution < -0.4 is 10.6 Å². The Morgan fingerprint density at radius 2 is 1.81 bits per heavy atom. The first kappa shape index (κ1) is 25.1. The summed E-state index contributed by atoms with van der Waals surface area (Å²) in [5.41, 5.74) is 2.94. The molecule has 0 radical (unpaired) electrons. The molecular formula is C32H44FN3O+2. The van der Waals surface area contributed by atoms with Crippen molar-refractivity contribution in [3.05, 3.63) is 71.0 Å². The third-order valence-corrected chi connectivity index (χ3v) is 10.3. The molecule has 3 fully saturated rings. The zero-order valence-corrected chi connectivity index (χ0v) is 22.4. The fourth-order valence-corrected chi connectivity index (χ4v) is 8.42. The number of nitrogens with zero attached hydrogens (tertiary/aromatic N) is 1. The number of carbonyl (C=O) groups is 1. The molecule has 2 aromatic rings. The van der Waals surface area contributed by atoms with E-state index in [1.165, 1.54) is 37.7 Å². The zero-order chi connectivity index (χ0) is 25.4. The number of rotatable bonds is 3. The van der Waals surface area contributed by atoms with E-state index in [0.717, 1.165) is 56.6 Å². The smallest absolute Gasteiger partial charge is 0.233 e. The summed E-state index contributed by atoms with van der Waals surface area (Å²) in [6, 6.07) is 17.2. The van der Waals surface area contributed by atoms with Crippen molar-refractivity contribution >= 4 is 5.91 Å². The topological polar surface area (TPSA) is 53.5 Å². The Balaban J connectivity index is 1.33. The van der Waals surface area contributed by atoms with Crippen molar-refractivity contribution in [2.24, 2.45) is 11.8 Å². The van der Waals surface area contributed by atoms with Crippen LogP contribution in [0.15, 0.2) is 48.5 Å². The summed E-state index contributed by atoms with van der Waals surface area (Å²) in [7, 11) is 0. The maximum absolute atomic E-state index is 15.6. The molecule has 4 nitrogen and oxygen atoms in total. The molecule has 1 spiro atoms. The molecule has 6 rings (SSSR count). The maximum atomic E-state index is 15.6. The Kier molecular flexibility index (Phi) is 7.11. The monoisotopic (exact) mass is 505 g/mol. The Morgan fingerprint density at radius 3 is 2.62 bits per heavy atom. The first-order valence-electron chi connectivity index (χ1n) is 14.8. The fourth-order valence-electron chi connectivity index (χ4n) is 8.42. The highest BCUT2D eigenvalue weighted by molar-refractivity contribution is 5.82. The molecular weight excluding hydrogens is 461 g/mol. The molecule has 1 amide bonds. The average Bonchev–Trinajstić information content (AvgIpc) is 3.30. The quantitative estimate of drug-likeness (QED) is 0.662. The van der Waals surface area contributed by atoms with Crippen LogP contribution in [0, 0.1) is 17.7 Å². The highest BCUT2D eigenvalue weighted by Gasteiger charge is 2.57. The van der Waals surface area contributed by atoms with Crippen molar-refractivity contribution in [2.45, 2.75) is 81.7 Å². The zero-order valence-electron chi connectivity index (χ0n) is 22.4. The van der Waals surface area contributed by atoms with Gasteiger partial charge in [-0.2, -0.15) is 0 Å². The molecule has 5 atom stereocenters. The second kappa shape index (κ2) is 10.5. The summed E-state index contributed by atoms with van der Waals surface area (Å²) in [6.07, 6.45) is 9.32. The van der Waals surface area contributed by atoms with Crippen LogP contribution in [0.2, 0.25) is 0 Å². The van der Waals surface area contributed by atoms with Gasteiger partial charge in [-0.3, -0.25) is 4.79 Å². The lowest BCUT2D eigenvalue weighted by atomic mass is 9.69. The van der Waals surface area contributed by atoms with Gasteiger partial charge in [0.15, 0.2) is 0 Å². The van der Waals surface area contributed by atoms with Crippen molar-refractivity contribution in [1.29, 1.82) is 0 Å². The van der Waals surface area contributed by atoms with E-state index >= 15 is 4.39 Å². The van der Waals surface area contributed by atoms with Gasteiger partial charge in [-0.25, -0.2) is 4.39 Å². The van der Waals surface area contributed by atoms with Crippen LogP contribution in [0.3, 0.4) is 0 Å². The number of benzene rings is 2. The number of amides is 1. The molecule has 2 aromatic carbocycles. The van der Waals surface area contributed by atoms with Crippen LogP contribution >= 0.6 is 0 Å². The number of halogens is 1. The van der Waals surface area contributed by atoms with Crippen LogP contribution in [0.4, 0.5) is 4.39 Å². The van der Waals surface area contributed by atoms with Gasteiger partial charge >= 0.3 is 0 Å². The van der Waals surface area contributed by atoms with E-state index in [9.17, 15) is 4.79 Å². The predicted molar refractivity (Wildman–Crippen MR) is 144 cm³/mol. The first-order valence-corrected chi connectivity index (χ1v) is 14.8. The van der Waals surface area contributed by atoms with E-state index in [4.69, 9.17) is 0 Å². The van der Waals surface area contributed by atoms with Crippen LogP contribution in [0.25, 0.3) is 0 Å². The molecule has 198 valence electrons. The summed E-state index contributed by atoms with van der Waals surface area (Å²) < 4.78 is 15.6. The Morgan fingerprint density at radius 1 is 1.00 bits per heavy atom. The molecule has 37 heavy (non-hydrogen) atoms. The Labute approximate surface area is 221 Å². The van der Waals surface area contributed by atoms with E-state index in [2.05, 4.69) is 58.9 Å². The highest BCUT2D eigenvalue weighted by Crippen LogP contribution is 2.43. The predicted octanol–water partition coefficient (Wildman–Crippen LogP) is 3.12. The van der Waals surface area contributed by atoms with Gasteiger partial charge in [-0.05, 0) is 61.6 Å². The van der Waals surface area contributed by atoms with Crippen molar-refractivity contribution < 1.29 is 19.8 Å². The molecule has 1 aliphatic carbocycles. The lowest BCUT2D eigenvalue weighted by Gasteiger charge is -2.46. The minimum atomic E-state index is -0.435. The number of piperidine rings is 1. The standard InChI is InChI=1S/C32H42FN3O/c1-22-17-26-13-8-14-28(33)30(26)32(21-35-22)20-34-19-27(32)31(37)36-16-15-25(23-9-4-2-5-10-23)18-29(36)24-11-6-3-7-12-24/h2,4-5,8-10,13-14,22,24-25,27,29,34-35H,3,6-7,11-12,15-21H2,1H3/p+2/t22-,25-,27?,29+,32+/m1/s1. The molecule has 1 saturated carbocycles. The maximum Gasteiger partial charge on any atom is 0.233 e. The average molecular weight is 506 g/mol. The summed E-state index contributed by atoms with van der Waals surface area (Å²) in [5, 5.41) is 4.66. The number of likely N-dealkylation sites (tertiary alicyclic amines) is 1. The van der Waals surface area contributed by atoms with Gasteiger partial charge in [0, 0.05) is 24.6 Å². The fraction of sp³-hybridized carbons (Fsp3) is 0.594. The molecule has 5 heteroatoms. The molecule has 0 bridgehead atoms. The minimum Gasteiger partial charge on any atom is -0.345 e. The van der Waals surface area contributed by atoms with Crippen molar-refractivity contribution in [3.63, 3.8) is 0 Å². The van der Waals surface area contributed by atoms with Gasteiger partial charge < -0.3 is 15.5 Å². The van der Waals surface area contributed by atoms with Gasteiger partial charge in [0.2, 0.25) is 5.91 Å². The van der Waals surface area contributed by atoms with Crippen LogP contribution in [0.1, 0.15) is 74.5 Å². The third-order valence-electron chi connectivity index (χ3n) is 10.3. The van der Waals surface area contributed by atoms with Crippen molar-refractivity contribution in [3.8, 4) is 0 Å². The van der Waals surface area contributed by atoms with E-state index in [0.29, 0.717) is 29.8 Å². The largest absolute Gasteiger partial charge is 0.345 e. The van der Waals surface area contributed by atoms with Crippen LogP contribution in [-0.2, 0) is 16.6 Å². The normalized spacial score (nSPS) is 32.8. The molecule has 1 unspecified atom stereocenters. The van der Waals surface area contributed by atoms with E-state index in [1.54, 1.807) is 6.07 Å². The number of nitrogens with two attached hydrogens (primary N) is 2. The van der Waals surface area contributed by atoms with Gasteiger partial charge in [-0.15, -0.1) is 0 Å². The van der Waals surface area contributed by atoms with E-state index < -0.39 is 5.41 Å². The lowest BCUT2D eigenvalue weighted by Crippen LogP contribution is -2.93. The number of carbonyl (C=O) groups excluding carboxylic acids is 1. The van der Waals surface area contributed by atoms with Crippen LogP contribution in [0.5, 0.6) is 0 Å². The second-order valence-corrected chi connectivity index (χ2v) is 12.5. The lowest BCUT2D eigenvalue weighted by molar-refractivity contribution is -0.697. The number of hydrogen-bond acceptors (Lipinski definition) is 1. The molecule has 3 heterocycles. The summed E-state index contributed by atoms with van der Waals surface area (Å²) in [5.74, 6) is 1.14. The van der Waals surface area contributed by atoms with Crippen molar-refractivity contribution in [2.75, 3.05) is 26.2 Å². The van der Waals surface area contributed by atoms with Gasteiger partial charge in [0.05, 0.1) is 25.7 Å². The Hall–Kier alpha value is -2.24. The van der Waals surface area contributed by atoms with E-state index in [-0.39, 0.29) is 11.7 Å². The molecule has 2 saturated heterocycles. The summed E-state index contributed by atoms with van der Waals surface area (Å²) >= 11 is 0. The summed E-state index contributed by atoms with van der Waals surface area (Å²) in [4.78, 5) is 17.0. The van der Waals surface area contributed by atoms with E-state index in [1.807, 2.05) is 6.07 Å². The highest BCUT2D eigenvalue weighted by atomic mass is 19.1. The SMILES string of the molecule is C[C@@H]1Cc2cccc(F)c2[C@@]2(C[NH2+]CC2C(=O)N2CC[C@@H](c3ccccc3)C[C@H]2C2CCCCC2)C[NH2+]1. The molecule has 0 aromatic heterocycles. The van der Waals surface area contributed by atoms with Crippen LogP contribution in [-0.4, -0.2) is 49.1 Å². The Bertz CT molecular complexity index is 1100. The summed E-state index contributed by atoms with van der Waals surface area (Å²) in [6.45, 7) is 5.43. The number of quaternary nitrogens is 2. The number of fused-ring (bicyclic) bond motifs is 2. The minimum absolute atomic E-state index is 0.111. The molecule has 3 aliphatic heterocycles. The number of hydrogen-bond donors (Lipinski definition) is 2. The van der Waals surface area contributed by atoms with Gasteiger partial charge in [0.25, 0.3) is 0 Å². The third kappa shape index (κ3) is 4.63. The van der Waals surface area contributed by atoms with Crippen molar-refractivity contribution in [1.82, 2.24) is 4.90 Å². The second-order valence-electron chi connectivity index (χ2n) is 12.5. The molecule has 4 N–H and O–H groups in total. The molecule has 4 aliphatic rings. The van der Waals surface area contributed by atoms with Gasteiger partial charge in [0.1, 0.15) is 17.2 Å².